The van der Waals surface area contributed by atoms with E-state index in [0.29, 0.717) is 30.1 Å². The van der Waals surface area contributed by atoms with Crippen molar-refractivity contribution in [3.8, 4) is 16.9 Å². The van der Waals surface area contributed by atoms with Gasteiger partial charge in [0.05, 0.1) is 6.54 Å². The van der Waals surface area contributed by atoms with Gasteiger partial charge in [-0.05, 0) is 42.2 Å². The van der Waals surface area contributed by atoms with E-state index in [9.17, 15) is 9.59 Å². The number of nitrogens with zero attached hydrogens (tertiary/aromatic N) is 3. The van der Waals surface area contributed by atoms with Gasteiger partial charge >= 0.3 is 6.16 Å². The number of aromatic nitrogens is 3. The van der Waals surface area contributed by atoms with Crippen molar-refractivity contribution >= 4 is 29.0 Å². The van der Waals surface area contributed by atoms with Gasteiger partial charge < -0.3 is 19.7 Å². The summed E-state index contributed by atoms with van der Waals surface area (Å²) >= 11 is 0. The Bertz CT molecular complexity index is 1380. The molecule has 0 radical (unpaired) electrons. The number of aryl methyl sites for hydroxylation is 1. The number of fused-ring (bicyclic) bond motifs is 1. The normalized spacial score (nSPS) is 11.0. The van der Waals surface area contributed by atoms with Crippen LogP contribution in [0.3, 0.4) is 0 Å². The lowest BCUT2D eigenvalue weighted by molar-refractivity contribution is -0.116. The fraction of sp³-hybridized carbons (Fsp3) is 0.310. The maximum Gasteiger partial charge on any atom is 0.511 e. The van der Waals surface area contributed by atoms with Crippen LogP contribution < -0.4 is 10.1 Å². The fourth-order valence-corrected chi connectivity index (χ4v) is 4.21. The van der Waals surface area contributed by atoms with Crippen molar-refractivity contribution < 1.29 is 19.4 Å². The Balaban J connectivity index is 1.62. The summed E-state index contributed by atoms with van der Waals surface area (Å²) in [6.07, 6.45) is 3.85. The molecule has 0 saturated heterocycles. The summed E-state index contributed by atoms with van der Waals surface area (Å²) in [5.41, 5.74) is 4.16. The molecule has 0 aliphatic carbocycles. The third-order valence-corrected chi connectivity index (χ3v) is 6.14. The van der Waals surface area contributed by atoms with Crippen LogP contribution in [0.1, 0.15) is 57.3 Å². The number of benzene rings is 2. The Morgan fingerprint density at radius 1 is 0.946 bits per heavy atom. The molecule has 0 saturated carbocycles. The average Bonchev–Trinajstić information content (AvgIpc) is 3.23. The van der Waals surface area contributed by atoms with E-state index in [1.165, 1.54) is 0 Å². The van der Waals surface area contributed by atoms with E-state index in [1.807, 2.05) is 42.5 Å². The number of hydrogen-bond acceptors (Lipinski definition) is 5. The summed E-state index contributed by atoms with van der Waals surface area (Å²) in [5, 5.41) is 12.0. The van der Waals surface area contributed by atoms with Crippen LogP contribution in [0.15, 0.2) is 60.7 Å². The largest absolute Gasteiger partial charge is 0.511 e. The van der Waals surface area contributed by atoms with Crippen LogP contribution in [0.5, 0.6) is 5.75 Å². The third kappa shape index (κ3) is 6.52. The Hall–Kier alpha value is -4.20. The first kappa shape index (κ1) is 25.9. The molecule has 8 heteroatoms. The van der Waals surface area contributed by atoms with Gasteiger partial charge in [-0.25, -0.2) is 14.8 Å². The molecule has 2 aromatic carbocycles. The average molecular weight is 501 g/mol. The van der Waals surface area contributed by atoms with Gasteiger partial charge in [-0.2, -0.15) is 0 Å². The second-order valence-electron chi connectivity index (χ2n) is 8.97. The highest BCUT2D eigenvalue weighted by molar-refractivity contribution is 5.90. The molecule has 0 fully saturated rings. The molecule has 192 valence electrons. The van der Waals surface area contributed by atoms with E-state index in [4.69, 9.17) is 19.8 Å². The highest BCUT2D eigenvalue weighted by Crippen LogP contribution is 2.30. The molecule has 0 bridgehead atoms. The van der Waals surface area contributed by atoms with Gasteiger partial charge in [0.1, 0.15) is 22.9 Å². The van der Waals surface area contributed by atoms with Crippen molar-refractivity contribution in [2.45, 2.75) is 58.9 Å². The molecule has 2 heterocycles. The minimum Gasteiger partial charge on any atom is -0.449 e. The number of para-hydroxylation sites is 1. The van der Waals surface area contributed by atoms with E-state index in [1.54, 1.807) is 18.2 Å². The number of ether oxygens (including phenoxy) is 1. The molecule has 4 rings (SSSR count). The van der Waals surface area contributed by atoms with E-state index < -0.39 is 6.16 Å². The van der Waals surface area contributed by atoms with Crippen molar-refractivity contribution in [2.24, 2.45) is 0 Å². The third-order valence-electron chi connectivity index (χ3n) is 6.14. The second-order valence-corrected chi connectivity index (χ2v) is 8.97. The van der Waals surface area contributed by atoms with Gasteiger partial charge in [0, 0.05) is 18.4 Å². The first-order chi connectivity index (χ1) is 18.0. The number of carbonyl (C=O) groups excluding carboxylic acids is 1. The van der Waals surface area contributed by atoms with Crippen molar-refractivity contribution in [3.05, 3.63) is 72.1 Å². The molecule has 8 nitrogen and oxygen atoms in total. The summed E-state index contributed by atoms with van der Waals surface area (Å²) in [7, 11) is 0. The summed E-state index contributed by atoms with van der Waals surface area (Å²) in [6, 6.07) is 18.7. The lowest BCUT2D eigenvalue weighted by Gasteiger charge is -2.12. The van der Waals surface area contributed by atoms with E-state index >= 15 is 0 Å². The van der Waals surface area contributed by atoms with Gasteiger partial charge in [-0.15, -0.1) is 0 Å². The van der Waals surface area contributed by atoms with Gasteiger partial charge in [0.25, 0.3) is 0 Å². The maximum absolute atomic E-state index is 12.2. The number of unbranched alkanes of at least 4 members (excludes halogenated alkanes) is 2. The molecule has 1 amide bonds. The quantitative estimate of drug-likeness (QED) is 0.176. The van der Waals surface area contributed by atoms with E-state index in [0.717, 1.165) is 60.2 Å². The lowest BCUT2D eigenvalue weighted by Crippen LogP contribution is -2.12. The van der Waals surface area contributed by atoms with Crippen molar-refractivity contribution in [1.29, 1.82) is 0 Å². The summed E-state index contributed by atoms with van der Waals surface area (Å²) < 4.78 is 7.06. The standard InChI is InChI=1S/C29H32N4O4/c1-3-5-11-26-30-23-17-18-25(31-27(34)12-6-4-2)32-28(23)33(26)19-20-13-15-21(16-14-20)22-9-7-8-10-24(22)37-29(35)36/h7-10,13-18H,3-6,11-12,19H2,1-2H3,(H,35,36)(H,31,32,34). The molecule has 4 aromatic rings. The Morgan fingerprint density at radius 3 is 2.43 bits per heavy atom. The monoisotopic (exact) mass is 500 g/mol. The minimum atomic E-state index is -1.34. The number of hydrogen-bond donors (Lipinski definition) is 2. The molecule has 0 spiro atoms. The number of rotatable bonds is 11. The zero-order valence-electron chi connectivity index (χ0n) is 21.2. The Morgan fingerprint density at radius 2 is 1.70 bits per heavy atom. The van der Waals surface area contributed by atoms with Crippen LogP contribution in [0.2, 0.25) is 0 Å². The first-order valence-corrected chi connectivity index (χ1v) is 12.7. The molecular weight excluding hydrogens is 468 g/mol. The summed E-state index contributed by atoms with van der Waals surface area (Å²) in [6.45, 7) is 4.78. The van der Waals surface area contributed by atoms with Crippen LogP contribution in [-0.4, -0.2) is 31.7 Å². The molecule has 2 aromatic heterocycles. The molecule has 0 aliphatic heterocycles. The molecule has 2 N–H and O–H groups in total. The summed E-state index contributed by atoms with van der Waals surface area (Å²) in [5.74, 6) is 1.75. The van der Waals surface area contributed by atoms with Gasteiger partial charge in [-0.3, -0.25) is 4.79 Å². The van der Waals surface area contributed by atoms with Crippen molar-refractivity contribution in [3.63, 3.8) is 0 Å². The number of pyridine rings is 1. The molecular formula is C29H32N4O4. The number of carbonyl (C=O) groups is 2. The molecule has 37 heavy (non-hydrogen) atoms. The SMILES string of the molecule is CCCCC(=O)Nc1ccc2nc(CCCC)n(Cc3ccc(-c4ccccc4OC(=O)O)cc3)c2n1. The molecule has 0 unspecified atom stereocenters. The zero-order chi connectivity index (χ0) is 26.2. The highest BCUT2D eigenvalue weighted by atomic mass is 16.7. The van der Waals surface area contributed by atoms with Crippen molar-refractivity contribution in [1.82, 2.24) is 14.5 Å². The number of amides is 1. The van der Waals surface area contributed by atoms with Crippen LogP contribution >= 0.6 is 0 Å². The second kappa shape index (κ2) is 12.2. The maximum atomic E-state index is 12.2. The Labute approximate surface area is 216 Å². The van der Waals surface area contributed by atoms with Crippen LogP contribution in [0.4, 0.5) is 10.6 Å². The molecule has 0 atom stereocenters. The highest BCUT2D eigenvalue weighted by Gasteiger charge is 2.15. The number of imidazole rings is 1. The number of anilines is 1. The van der Waals surface area contributed by atoms with E-state index in [-0.39, 0.29) is 5.91 Å². The van der Waals surface area contributed by atoms with Gasteiger partial charge in [0.15, 0.2) is 5.65 Å². The zero-order valence-corrected chi connectivity index (χ0v) is 21.2. The lowest BCUT2D eigenvalue weighted by atomic mass is 10.0. The number of carboxylic acid groups (broad SMARTS) is 1. The topological polar surface area (TPSA) is 106 Å². The van der Waals surface area contributed by atoms with Crippen LogP contribution in [-0.2, 0) is 17.8 Å². The van der Waals surface area contributed by atoms with Crippen LogP contribution in [0, 0.1) is 0 Å². The predicted octanol–water partition coefficient (Wildman–Crippen LogP) is 6.67. The smallest absolute Gasteiger partial charge is 0.449 e. The first-order valence-electron chi connectivity index (χ1n) is 12.7. The van der Waals surface area contributed by atoms with Gasteiger partial charge in [0.2, 0.25) is 5.91 Å². The van der Waals surface area contributed by atoms with Crippen LogP contribution in [0.25, 0.3) is 22.3 Å². The van der Waals surface area contributed by atoms with E-state index in [2.05, 4.69) is 23.7 Å². The minimum absolute atomic E-state index is 0.0336. The predicted molar refractivity (Wildman–Crippen MR) is 144 cm³/mol. The fourth-order valence-electron chi connectivity index (χ4n) is 4.21. The molecule has 0 aliphatic rings. The summed E-state index contributed by atoms with van der Waals surface area (Å²) in [4.78, 5) is 32.9. The van der Waals surface area contributed by atoms with Crippen molar-refractivity contribution in [2.75, 3.05) is 5.32 Å². The Kier molecular flexibility index (Phi) is 8.51. The number of nitrogens with one attached hydrogen (secondary N) is 1. The van der Waals surface area contributed by atoms with Gasteiger partial charge in [-0.1, -0.05) is 69.2 Å².